The average Bonchev–Trinajstić information content (AvgIpc) is 2.81. The van der Waals surface area contributed by atoms with Gasteiger partial charge in [-0.15, -0.1) is 11.3 Å². The Morgan fingerprint density at radius 2 is 2.37 bits per heavy atom. The number of thiophene rings is 1. The van der Waals surface area contributed by atoms with Gasteiger partial charge in [-0.25, -0.2) is 0 Å². The Bertz CT molecular complexity index is 381. The fourth-order valence-electron chi connectivity index (χ4n) is 2.55. The summed E-state index contributed by atoms with van der Waals surface area (Å²) in [5, 5.41) is 5.68. The minimum Gasteiger partial charge on any atom is -0.311 e. The Morgan fingerprint density at radius 3 is 3.05 bits per heavy atom. The molecule has 0 saturated carbocycles. The van der Waals surface area contributed by atoms with E-state index in [1.54, 1.807) is 0 Å². The van der Waals surface area contributed by atoms with Gasteiger partial charge in [-0.05, 0) is 55.5 Å². The molecule has 0 spiro atoms. The number of hydrogen-bond acceptors (Lipinski definition) is 4. The first kappa shape index (κ1) is 15.4. The topological polar surface area (TPSA) is 18.5 Å². The number of rotatable bonds is 6. The van der Waals surface area contributed by atoms with Gasteiger partial charge >= 0.3 is 0 Å². The number of nitrogens with one attached hydrogen (secondary N) is 1. The number of hydrogen-bond donors (Lipinski definition) is 1. The predicted molar refractivity (Wildman–Crippen MR) is 86.9 cm³/mol. The van der Waals surface area contributed by atoms with E-state index < -0.39 is 0 Å². The summed E-state index contributed by atoms with van der Waals surface area (Å²) in [7, 11) is 4.39. The Morgan fingerprint density at radius 1 is 1.53 bits per heavy atom. The predicted octanol–water partition coefficient (Wildman–Crippen LogP) is 2.63. The molecule has 0 amide bonds. The summed E-state index contributed by atoms with van der Waals surface area (Å²) in [6, 6.07) is 2.93. The minimum atomic E-state index is 0.738. The van der Waals surface area contributed by atoms with Crippen LogP contribution in [0, 0.1) is 0 Å². The fourth-order valence-corrected chi connectivity index (χ4v) is 3.97. The number of likely N-dealkylation sites (tertiary alicyclic amines) is 1. The maximum absolute atomic E-state index is 3.54. The van der Waals surface area contributed by atoms with Gasteiger partial charge in [-0.1, -0.05) is 0 Å². The van der Waals surface area contributed by atoms with E-state index in [0.717, 1.165) is 25.7 Å². The summed E-state index contributed by atoms with van der Waals surface area (Å²) in [5.41, 5.74) is 0. The molecule has 3 nitrogen and oxygen atoms in total. The van der Waals surface area contributed by atoms with Crippen molar-refractivity contribution < 1.29 is 0 Å². The Balaban J connectivity index is 1.62. The lowest BCUT2D eigenvalue weighted by Gasteiger charge is -2.36. The largest absolute Gasteiger partial charge is 0.311 e. The molecule has 0 aromatic carbocycles. The highest BCUT2D eigenvalue weighted by atomic mass is 79.9. The molecule has 1 aliphatic heterocycles. The summed E-state index contributed by atoms with van der Waals surface area (Å²) >= 11 is 5.30. The lowest BCUT2D eigenvalue weighted by Crippen LogP contribution is -2.46. The Labute approximate surface area is 129 Å². The molecular weight excluding hydrogens is 322 g/mol. The Hall–Kier alpha value is 0.0600. The van der Waals surface area contributed by atoms with E-state index in [0.29, 0.717) is 0 Å². The second kappa shape index (κ2) is 7.74. The van der Waals surface area contributed by atoms with Crippen LogP contribution in [0.4, 0.5) is 0 Å². The maximum atomic E-state index is 3.54. The third-order valence-electron chi connectivity index (χ3n) is 3.74. The van der Waals surface area contributed by atoms with E-state index in [9.17, 15) is 0 Å². The van der Waals surface area contributed by atoms with Crippen molar-refractivity contribution in [1.29, 1.82) is 0 Å². The second-order valence-corrected chi connectivity index (χ2v) is 7.38. The van der Waals surface area contributed by atoms with Crippen LogP contribution in [0.2, 0.25) is 0 Å². The molecule has 0 aliphatic carbocycles. The first-order valence-corrected chi connectivity index (χ1v) is 8.65. The van der Waals surface area contributed by atoms with Gasteiger partial charge in [0.25, 0.3) is 0 Å². The zero-order valence-electron chi connectivity index (χ0n) is 11.9. The molecule has 1 aromatic heterocycles. The second-order valence-electron chi connectivity index (χ2n) is 5.47. The normalized spacial score (nSPS) is 21.2. The molecule has 5 heteroatoms. The summed E-state index contributed by atoms with van der Waals surface area (Å²) < 4.78 is 1.19. The fraction of sp³-hybridized carbons (Fsp3) is 0.714. The molecule has 19 heavy (non-hydrogen) atoms. The highest BCUT2D eigenvalue weighted by Crippen LogP contribution is 2.19. The molecule has 0 radical (unpaired) electrons. The number of piperidine rings is 1. The van der Waals surface area contributed by atoms with Gasteiger partial charge in [-0.3, -0.25) is 0 Å². The van der Waals surface area contributed by atoms with E-state index >= 15 is 0 Å². The number of nitrogens with zero attached hydrogens (tertiary/aromatic N) is 2. The SMILES string of the molecule is CN(C)C1CCCN(CCNCc2cc(Br)cs2)C1. The summed E-state index contributed by atoms with van der Waals surface area (Å²) in [4.78, 5) is 6.35. The molecule has 2 heterocycles. The van der Waals surface area contributed by atoms with E-state index in [2.05, 4.69) is 56.6 Å². The molecule has 108 valence electrons. The van der Waals surface area contributed by atoms with Crippen molar-refractivity contribution in [2.75, 3.05) is 40.3 Å². The van der Waals surface area contributed by atoms with Crippen LogP contribution in [-0.4, -0.2) is 56.1 Å². The first-order valence-electron chi connectivity index (χ1n) is 6.97. The van der Waals surface area contributed by atoms with E-state index in [4.69, 9.17) is 0 Å². The first-order chi connectivity index (χ1) is 9.15. The van der Waals surface area contributed by atoms with Gasteiger partial charge in [0.15, 0.2) is 0 Å². The molecule has 2 rings (SSSR count). The van der Waals surface area contributed by atoms with Gasteiger partial charge in [0.1, 0.15) is 0 Å². The molecular formula is C14H24BrN3S. The summed E-state index contributed by atoms with van der Waals surface area (Å²) in [6.45, 7) is 5.71. The molecule has 1 fully saturated rings. The van der Waals surface area contributed by atoms with Gasteiger partial charge in [0.05, 0.1) is 0 Å². The van der Waals surface area contributed by atoms with Crippen molar-refractivity contribution >= 4 is 27.3 Å². The van der Waals surface area contributed by atoms with Crippen LogP contribution in [0.1, 0.15) is 17.7 Å². The monoisotopic (exact) mass is 345 g/mol. The van der Waals surface area contributed by atoms with E-state index in [-0.39, 0.29) is 0 Å². The summed E-state index contributed by atoms with van der Waals surface area (Å²) in [6.07, 6.45) is 2.68. The van der Waals surface area contributed by atoms with Crippen molar-refractivity contribution in [1.82, 2.24) is 15.1 Å². The van der Waals surface area contributed by atoms with Crippen LogP contribution in [-0.2, 0) is 6.54 Å². The molecule has 1 aliphatic rings. The van der Waals surface area contributed by atoms with Crippen molar-refractivity contribution in [2.45, 2.75) is 25.4 Å². The quantitative estimate of drug-likeness (QED) is 0.799. The third kappa shape index (κ3) is 5.16. The van der Waals surface area contributed by atoms with E-state index in [1.807, 2.05) is 11.3 Å². The van der Waals surface area contributed by atoms with Crippen molar-refractivity contribution in [2.24, 2.45) is 0 Å². The molecule has 1 aromatic rings. The molecule has 0 bridgehead atoms. The molecule has 1 N–H and O–H groups in total. The number of likely N-dealkylation sites (N-methyl/N-ethyl adjacent to an activating group) is 1. The van der Waals surface area contributed by atoms with Crippen molar-refractivity contribution in [3.8, 4) is 0 Å². The van der Waals surface area contributed by atoms with Crippen LogP contribution in [0.15, 0.2) is 15.9 Å². The molecule has 1 atom stereocenters. The van der Waals surface area contributed by atoms with Crippen LogP contribution >= 0.6 is 27.3 Å². The molecule has 1 unspecified atom stereocenters. The highest BCUT2D eigenvalue weighted by Gasteiger charge is 2.20. The maximum Gasteiger partial charge on any atom is 0.0300 e. The zero-order chi connectivity index (χ0) is 13.7. The van der Waals surface area contributed by atoms with Gasteiger partial charge < -0.3 is 15.1 Å². The van der Waals surface area contributed by atoms with E-state index in [1.165, 1.54) is 35.3 Å². The molecule has 1 saturated heterocycles. The lowest BCUT2D eigenvalue weighted by molar-refractivity contribution is 0.134. The van der Waals surface area contributed by atoms with Crippen LogP contribution in [0.25, 0.3) is 0 Å². The minimum absolute atomic E-state index is 0.738. The van der Waals surface area contributed by atoms with Crippen molar-refractivity contribution in [3.63, 3.8) is 0 Å². The average molecular weight is 346 g/mol. The van der Waals surface area contributed by atoms with Crippen LogP contribution in [0.3, 0.4) is 0 Å². The third-order valence-corrected chi connectivity index (χ3v) is 5.43. The van der Waals surface area contributed by atoms with Gasteiger partial charge in [0, 0.05) is 47.0 Å². The highest BCUT2D eigenvalue weighted by molar-refractivity contribution is 9.10. The lowest BCUT2D eigenvalue weighted by atomic mass is 10.1. The standard InChI is InChI=1S/C14H24BrN3S/c1-17(2)13-4-3-6-18(10-13)7-5-16-9-14-8-12(15)11-19-14/h8,11,13,16H,3-7,9-10H2,1-2H3. The van der Waals surface area contributed by atoms with Crippen LogP contribution < -0.4 is 5.32 Å². The smallest absolute Gasteiger partial charge is 0.0300 e. The van der Waals surface area contributed by atoms with Gasteiger partial charge in [-0.2, -0.15) is 0 Å². The zero-order valence-corrected chi connectivity index (χ0v) is 14.3. The van der Waals surface area contributed by atoms with Crippen molar-refractivity contribution in [3.05, 3.63) is 20.8 Å². The van der Waals surface area contributed by atoms with Gasteiger partial charge in [0.2, 0.25) is 0 Å². The Kier molecular flexibility index (Phi) is 6.29. The number of halogens is 1. The van der Waals surface area contributed by atoms with Crippen LogP contribution in [0.5, 0.6) is 0 Å². The summed E-state index contributed by atoms with van der Waals surface area (Å²) in [5.74, 6) is 0.